The first kappa shape index (κ1) is 22.4. The van der Waals surface area contributed by atoms with Crippen molar-refractivity contribution in [3.63, 3.8) is 0 Å². The zero-order valence-electron chi connectivity index (χ0n) is 19.0. The van der Waals surface area contributed by atoms with Gasteiger partial charge in [0, 0.05) is 30.6 Å². The zero-order chi connectivity index (χ0) is 23.2. The van der Waals surface area contributed by atoms with E-state index in [0.29, 0.717) is 17.7 Å². The van der Waals surface area contributed by atoms with Gasteiger partial charge >= 0.3 is 0 Å². The van der Waals surface area contributed by atoms with Crippen LogP contribution in [0.4, 0.5) is 5.82 Å². The second kappa shape index (κ2) is 10.2. The van der Waals surface area contributed by atoms with Gasteiger partial charge in [-0.15, -0.1) is 0 Å². The Morgan fingerprint density at radius 2 is 1.73 bits per heavy atom. The van der Waals surface area contributed by atoms with Crippen molar-refractivity contribution in [3.8, 4) is 11.1 Å². The lowest BCUT2D eigenvalue weighted by Gasteiger charge is -2.21. The Hall–Kier alpha value is -3.77. The molecule has 1 aromatic heterocycles. The minimum Gasteiger partial charge on any atom is -0.392 e. The number of carbonyl (C=O) groups excluding carboxylic acids is 1. The number of rotatable bonds is 8. The smallest absolute Gasteiger partial charge is 0.251 e. The highest BCUT2D eigenvalue weighted by atomic mass is 16.3. The summed E-state index contributed by atoms with van der Waals surface area (Å²) in [5.74, 6) is 0.745. The Balaban J connectivity index is 1.58. The maximum atomic E-state index is 12.6. The zero-order valence-corrected chi connectivity index (χ0v) is 19.0. The summed E-state index contributed by atoms with van der Waals surface area (Å²) >= 11 is 0. The van der Waals surface area contributed by atoms with Crippen molar-refractivity contribution >= 4 is 22.6 Å². The summed E-state index contributed by atoms with van der Waals surface area (Å²) in [4.78, 5) is 23.8. The molecular formula is C27H28N4O2. The Labute approximate surface area is 193 Å². The lowest BCUT2D eigenvalue weighted by atomic mass is 10.0. The molecule has 0 atom stereocenters. The molecule has 0 saturated carbocycles. The number of aliphatic hydroxyl groups is 1. The average molecular weight is 441 g/mol. The highest BCUT2D eigenvalue weighted by molar-refractivity contribution is 5.95. The van der Waals surface area contributed by atoms with E-state index in [9.17, 15) is 9.90 Å². The largest absolute Gasteiger partial charge is 0.392 e. The fourth-order valence-corrected chi connectivity index (χ4v) is 4.02. The number of benzene rings is 3. The van der Waals surface area contributed by atoms with E-state index in [-0.39, 0.29) is 12.5 Å². The van der Waals surface area contributed by atoms with Crippen LogP contribution in [0.2, 0.25) is 0 Å². The molecule has 0 aliphatic heterocycles. The number of fused-ring (bicyclic) bond motifs is 1. The number of anilines is 1. The van der Waals surface area contributed by atoms with Gasteiger partial charge in [0.25, 0.3) is 5.91 Å². The highest BCUT2D eigenvalue weighted by Crippen LogP contribution is 2.29. The first-order valence-electron chi connectivity index (χ1n) is 11.2. The molecule has 4 rings (SSSR count). The lowest BCUT2D eigenvalue weighted by molar-refractivity contribution is 0.0948. The van der Waals surface area contributed by atoms with Gasteiger partial charge in [0.1, 0.15) is 12.1 Å². The van der Waals surface area contributed by atoms with Gasteiger partial charge in [-0.2, -0.15) is 0 Å². The van der Waals surface area contributed by atoms with Crippen molar-refractivity contribution in [2.45, 2.75) is 27.0 Å². The third-order valence-electron chi connectivity index (χ3n) is 5.82. The second-order valence-electron chi connectivity index (χ2n) is 7.80. The van der Waals surface area contributed by atoms with Crippen LogP contribution < -0.4 is 10.2 Å². The first-order chi connectivity index (χ1) is 16.1. The predicted molar refractivity (Wildman–Crippen MR) is 132 cm³/mol. The topological polar surface area (TPSA) is 78.4 Å². The summed E-state index contributed by atoms with van der Waals surface area (Å²) in [7, 11) is 0. The third-order valence-corrected chi connectivity index (χ3v) is 5.82. The molecule has 0 radical (unpaired) electrons. The number of nitrogens with zero attached hydrogens (tertiary/aromatic N) is 3. The molecule has 3 aromatic carbocycles. The molecule has 0 aliphatic rings. The number of aliphatic hydroxyl groups excluding tert-OH is 1. The molecule has 6 heteroatoms. The number of hydrogen-bond donors (Lipinski definition) is 2. The fraction of sp³-hybridized carbons (Fsp3) is 0.222. The quantitative estimate of drug-likeness (QED) is 0.420. The van der Waals surface area contributed by atoms with Crippen LogP contribution in [0.3, 0.4) is 0 Å². The van der Waals surface area contributed by atoms with E-state index in [0.717, 1.165) is 46.5 Å². The van der Waals surface area contributed by atoms with Crippen molar-refractivity contribution in [2.24, 2.45) is 0 Å². The van der Waals surface area contributed by atoms with Crippen molar-refractivity contribution in [2.75, 3.05) is 18.0 Å². The van der Waals surface area contributed by atoms with Crippen molar-refractivity contribution < 1.29 is 9.90 Å². The molecule has 168 valence electrons. The Morgan fingerprint density at radius 3 is 2.52 bits per heavy atom. The molecule has 0 aliphatic carbocycles. The second-order valence-corrected chi connectivity index (χ2v) is 7.80. The number of carbonyl (C=O) groups is 1. The van der Waals surface area contributed by atoms with Crippen LogP contribution in [-0.2, 0) is 13.2 Å². The van der Waals surface area contributed by atoms with Crippen LogP contribution >= 0.6 is 0 Å². The molecule has 0 unspecified atom stereocenters. The van der Waals surface area contributed by atoms with Crippen LogP contribution in [0.1, 0.15) is 35.3 Å². The molecular weight excluding hydrogens is 412 g/mol. The minimum atomic E-state index is -0.197. The van der Waals surface area contributed by atoms with Crippen molar-refractivity contribution in [1.29, 1.82) is 0 Å². The minimum absolute atomic E-state index is 0.166. The third kappa shape index (κ3) is 4.86. The van der Waals surface area contributed by atoms with Gasteiger partial charge in [-0.05, 0) is 60.4 Å². The molecule has 33 heavy (non-hydrogen) atoms. The summed E-state index contributed by atoms with van der Waals surface area (Å²) in [6.07, 6.45) is 1.62. The summed E-state index contributed by atoms with van der Waals surface area (Å²) in [6, 6.07) is 21.5. The van der Waals surface area contributed by atoms with E-state index in [1.54, 1.807) is 24.5 Å². The van der Waals surface area contributed by atoms with Crippen LogP contribution in [0, 0.1) is 0 Å². The van der Waals surface area contributed by atoms with E-state index in [4.69, 9.17) is 0 Å². The van der Waals surface area contributed by atoms with Gasteiger partial charge in [-0.1, -0.05) is 42.5 Å². The fourth-order valence-electron chi connectivity index (χ4n) is 4.02. The highest BCUT2D eigenvalue weighted by Gasteiger charge is 2.12. The van der Waals surface area contributed by atoms with Crippen molar-refractivity contribution in [1.82, 2.24) is 15.3 Å². The Kier molecular flexibility index (Phi) is 6.95. The van der Waals surface area contributed by atoms with Gasteiger partial charge in [0.15, 0.2) is 0 Å². The molecule has 6 nitrogen and oxygen atoms in total. The number of hydrogen-bond acceptors (Lipinski definition) is 5. The standard InChI is InChI=1S/C27H28N4O2/c1-3-31(4-2)26-24-15-21(12-13-25(24)29-18-30-26)20-10-7-8-19(14-20)16-28-27(33)23-11-6-5-9-22(23)17-32/h5-15,18,32H,3-4,16-17H2,1-2H3,(H,28,33). The maximum absolute atomic E-state index is 12.6. The van der Waals surface area contributed by atoms with Gasteiger partial charge in [-0.3, -0.25) is 4.79 Å². The lowest BCUT2D eigenvalue weighted by Crippen LogP contribution is -2.24. The van der Waals surface area contributed by atoms with Gasteiger partial charge in [0.2, 0.25) is 0 Å². The van der Waals surface area contributed by atoms with Crippen LogP contribution in [-0.4, -0.2) is 34.1 Å². The summed E-state index contributed by atoms with van der Waals surface area (Å²) in [6.45, 7) is 6.23. The Morgan fingerprint density at radius 1 is 0.939 bits per heavy atom. The molecule has 0 bridgehead atoms. The van der Waals surface area contributed by atoms with Crippen molar-refractivity contribution in [3.05, 3.63) is 89.7 Å². The predicted octanol–water partition coefficient (Wildman–Crippen LogP) is 4.57. The molecule has 1 heterocycles. The normalized spacial score (nSPS) is 10.9. The molecule has 4 aromatic rings. The van der Waals surface area contributed by atoms with Crippen LogP contribution in [0.5, 0.6) is 0 Å². The summed E-state index contributed by atoms with van der Waals surface area (Å²) in [5, 5.41) is 13.5. The monoisotopic (exact) mass is 440 g/mol. The van der Waals surface area contributed by atoms with Crippen LogP contribution in [0.25, 0.3) is 22.0 Å². The summed E-state index contributed by atoms with van der Waals surface area (Å²) in [5.41, 5.74) is 5.16. The van der Waals surface area contributed by atoms with E-state index in [1.165, 1.54) is 0 Å². The Bertz CT molecular complexity index is 1270. The van der Waals surface area contributed by atoms with E-state index in [2.05, 4.69) is 58.3 Å². The SMILES string of the molecule is CCN(CC)c1ncnc2ccc(-c3cccc(CNC(=O)c4ccccc4CO)c3)cc12. The van der Waals surface area contributed by atoms with Crippen LogP contribution in [0.15, 0.2) is 73.1 Å². The van der Waals surface area contributed by atoms with Gasteiger partial charge in [-0.25, -0.2) is 9.97 Å². The van der Waals surface area contributed by atoms with E-state index < -0.39 is 0 Å². The molecule has 1 amide bonds. The van der Waals surface area contributed by atoms with Gasteiger partial charge in [0.05, 0.1) is 12.1 Å². The first-order valence-corrected chi connectivity index (χ1v) is 11.2. The van der Waals surface area contributed by atoms with E-state index >= 15 is 0 Å². The number of nitrogens with one attached hydrogen (secondary N) is 1. The molecule has 0 saturated heterocycles. The molecule has 2 N–H and O–H groups in total. The summed E-state index contributed by atoms with van der Waals surface area (Å²) < 4.78 is 0. The maximum Gasteiger partial charge on any atom is 0.251 e. The molecule has 0 spiro atoms. The van der Waals surface area contributed by atoms with E-state index in [1.807, 2.05) is 24.3 Å². The molecule has 0 fully saturated rings. The average Bonchev–Trinajstić information content (AvgIpc) is 2.88. The number of aromatic nitrogens is 2. The van der Waals surface area contributed by atoms with Gasteiger partial charge < -0.3 is 15.3 Å². The number of amides is 1.